The van der Waals surface area contributed by atoms with Crippen molar-refractivity contribution in [3.05, 3.63) is 89.0 Å². The molecule has 35 heavy (non-hydrogen) atoms. The number of phenols is 1. The average molecular weight is 471 g/mol. The minimum Gasteiger partial charge on any atom is -0.508 e. The van der Waals surface area contributed by atoms with Crippen LogP contribution in [-0.2, 0) is 0 Å². The summed E-state index contributed by atoms with van der Waals surface area (Å²) in [5, 5.41) is 19.4. The number of rotatable bonds is 7. The minimum atomic E-state index is -0.411. The number of hydrogen-bond donors (Lipinski definition) is 1. The third kappa shape index (κ3) is 4.73. The van der Waals surface area contributed by atoms with Crippen LogP contribution in [0.2, 0.25) is 0 Å². The first-order valence-electron chi connectivity index (χ1n) is 11.8. The zero-order chi connectivity index (χ0) is 24.4. The molecule has 2 aliphatic rings. The van der Waals surface area contributed by atoms with Gasteiger partial charge in [-0.2, -0.15) is 5.26 Å². The van der Waals surface area contributed by atoms with E-state index in [2.05, 4.69) is 11.0 Å². The summed E-state index contributed by atoms with van der Waals surface area (Å²) >= 11 is 0. The fraction of sp³-hybridized carbons (Fsp3) is 0.276. The molecule has 0 saturated carbocycles. The fourth-order valence-electron chi connectivity index (χ4n) is 4.79. The lowest BCUT2D eigenvalue weighted by Gasteiger charge is -2.37. The summed E-state index contributed by atoms with van der Waals surface area (Å²) in [7, 11) is 0. The van der Waals surface area contributed by atoms with Crippen LogP contribution in [0.3, 0.4) is 0 Å². The topological polar surface area (TPSA) is 65.7 Å². The highest BCUT2D eigenvalue weighted by atomic mass is 19.1. The van der Waals surface area contributed by atoms with Crippen LogP contribution in [0.1, 0.15) is 35.3 Å². The summed E-state index contributed by atoms with van der Waals surface area (Å²) in [6.45, 7) is 4.73. The van der Waals surface area contributed by atoms with Crippen molar-refractivity contribution < 1.29 is 19.0 Å². The van der Waals surface area contributed by atoms with E-state index in [9.17, 15) is 14.8 Å². The Bertz CT molecular complexity index is 1290. The molecule has 178 valence electrons. The van der Waals surface area contributed by atoms with E-state index in [1.165, 1.54) is 0 Å². The van der Waals surface area contributed by atoms with Crippen molar-refractivity contribution in [2.45, 2.75) is 13.0 Å². The van der Waals surface area contributed by atoms with E-state index in [4.69, 9.17) is 9.47 Å². The largest absolute Gasteiger partial charge is 0.508 e. The number of nitriles is 1. The van der Waals surface area contributed by atoms with Gasteiger partial charge in [-0.05, 0) is 60.0 Å². The second kappa shape index (κ2) is 9.81. The quantitative estimate of drug-likeness (QED) is 0.486. The Morgan fingerprint density at radius 3 is 2.66 bits per heavy atom. The molecule has 5 rings (SSSR count). The fourth-order valence-corrected chi connectivity index (χ4v) is 4.79. The first kappa shape index (κ1) is 22.9. The minimum absolute atomic E-state index is 0.147. The Balaban J connectivity index is 1.40. The molecule has 0 bridgehead atoms. The van der Waals surface area contributed by atoms with Gasteiger partial charge in [-0.3, -0.25) is 9.29 Å². The van der Waals surface area contributed by atoms with Crippen LogP contribution >= 0.6 is 0 Å². The van der Waals surface area contributed by atoms with Crippen LogP contribution < -0.4 is 9.47 Å². The molecule has 6 heteroatoms. The summed E-state index contributed by atoms with van der Waals surface area (Å²) < 4.78 is 24.9. The van der Waals surface area contributed by atoms with Gasteiger partial charge in [0.2, 0.25) is 0 Å². The van der Waals surface area contributed by atoms with E-state index >= 15 is 0 Å². The highest BCUT2D eigenvalue weighted by molar-refractivity contribution is 5.95. The number of benzene rings is 3. The maximum atomic E-state index is 12.6. The molecule has 0 radical (unpaired) electrons. The second-order valence-electron chi connectivity index (χ2n) is 9.11. The van der Waals surface area contributed by atoms with Crippen LogP contribution in [0.25, 0.3) is 11.1 Å². The van der Waals surface area contributed by atoms with Gasteiger partial charge in [-0.15, -0.1) is 0 Å². The smallest absolute Gasteiger partial charge is 0.150 e. The van der Waals surface area contributed by atoms with E-state index in [1.54, 1.807) is 18.2 Å². The molecule has 2 heterocycles. The summed E-state index contributed by atoms with van der Waals surface area (Å²) in [4.78, 5) is 2.19. The first-order chi connectivity index (χ1) is 17.1. The van der Waals surface area contributed by atoms with Gasteiger partial charge in [0, 0.05) is 42.8 Å². The average Bonchev–Trinajstić information content (AvgIpc) is 2.85. The maximum absolute atomic E-state index is 12.6. The van der Waals surface area contributed by atoms with E-state index in [1.807, 2.05) is 55.5 Å². The third-order valence-corrected chi connectivity index (χ3v) is 6.69. The normalized spacial score (nSPS) is 17.8. The van der Waals surface area contributed by atoms with Crippen molar-refractivity contribution in [2.75, 3.05) is 32.9 Å². The maximum Gasteiger partial charge on any atom is 0.150 e. The highest BCUT2D eigenvalue weighted by Gasteiger charge is 2.30. The van der Waals surface area contributed by atoms with Crippen LogP contribution in [0.15, 0.2) is 66.7 Å². The molecule has 0 spiro atoms. The Morgan fingerprint density at radius 2 is 1.91 bits per heavy atom. The lowest BCUT2D eigenvalue weighted by Crippen LogP contribution is -2.49. The summed E-state index contributed by atoms with van der Waals surface area (Å²) in [5.74, 6) is 1.71. The summed E-state index contributed by atoms with van der Waals surface area (Å²) in [6.07, 6.45) is -0.411. The molecule has 1 saturated heterocycles. The number of likely N-dealkylation sites (tertiary alicyclic amines) is 1. The van der Waals surface area contributed by atoms with Crippen molar-refractivity contribution in [3.8, 4) is 23.3 Å². The SMILES string of the molecule is CC1=C(c2cccc(C#N)c2)C(c2ccc(OCCN3CC(CF)C3)cc2)Oc2cc(O)ccc21. The number of halogens is 1. The number of allylic oxidation sites excluding steroid dienone is 1. The molecule has 0 aromatic heterocycles. The molecular formula is C29H27FN2O3. The van der Waals surface area contributed by atoms with Gasteiger partial charge in [0.15, 0.2) is 0 Å². The Kier molecular flexibility index (Phi) is 6.43. The van der Waals surface area contributed by atoms with Crippen LogP contribution in [0.4, 0.5) is 4.39 Å². The molecular weight excluding hydrogens is 443 g/mol. The Hall–Kier alpha value is -3.82. The van der Waals surface area contributed by atoms with Gasteiger partial charge in [0.25, 0.3) is 0 Å². The molecule has 3 aromatic rings. The highest BCUT2D eigenvalue weighted by Crippen LogP contribution is 2.47. The predicted octanol–water partition coefficient (Wildman–Crippen LogP) is 5.61. The number of aromatic hydroxyl groups is 1. The number of alkyl halides is 1. The molecule has 1 fully saturated rings. The number of hydrogen-bond acceptors (Lipinski definition) is 5. The van der Waals surface area contributed by atoms with E-state index in [0.717, 1.165) is 53.2 Å². The molecule has 1 atom stereocenters. The second-order valence-corrected chi connectivity index (χ2v) is 9.11. The van der Waals surface area contributed by atoms with Crippen LogP contribution in [0.5, 0.6) is 17.2 Å². The first-order valence-corrected chi connectivity index (χ1v) is 11.8. The van der Waals surface area contributed by atoms with Gasteiger partial charge in [0.05, 0.1) is 18.3 Å². The summed E-state index contributed by atoms with van der Waals surface area (Å²) in [5.41, 5.74) is 5.38. The van der Waals surface area contributed by atoms with Gasteiger partial charge in [0.1, 0.15) is 30.0 Å². The molecule has 0 aliphatic carbocycles. The molecule has 1 N–H and O–H groups in total. The lowest BCUT2D eigenvalue weighted by molar-refractivity contribution is 0.0668. The van der Waals surface area contributed by atoms with Gasteiger partial charge < -0.3 is 14.6 Å². The van der Waals surface area contributed by atoms with Crippen molar-refractivity contribution >= 4 is 11.1 Å². The third-order valence-electron chi connectivity index (χ3n) is 6.69. The molecule has 3 aromatic carbocycles. The molecule has 1 unspecified atom stereocenters. The van der Waals surface area contributed by atoms with Crippen molar-refractivity contribution in [3.63, 3.8) is 0 Å². The molecule has 0 amide bonds. The standard InChI is InChI=1S/C29H27FN2O3/c1-19-26-10-7-24(33)14-27(26)35-29(28(19)23-4-2-3-20(13-23)16-31)22-5-8-25(9-6-22)34-12-11-32-17-21(15-30)18-32/h2-10,13-14,21,29,33H,11-12,15,17-18H2,1H3. The van der Waals surface area contributed by atoms with E-state index in [0.29, 0.717) is 17.9 Å². The van der Waals surface area contributed by atoms with Gasteiger partial charge in [-0.25, -0.2) is 0 Å². The van der Waals surface area contributed by atoms with Crippen molar-refractivity contribution in [1.29, 1.82) is 5.26 Å². The Labute approximate surface area is 204 Å². The zero-order valence-corrected chi connectivity index (χ0v) is 19.6. The van der Waals surface area contributed by atoms with Gasteiger partial charge in [-0.1, -0.05) is 24.3 Å². The molecule has 2 aliphatic heterocycles. The number of nitrogens with zero attached hydrogens (tertiary/aromatic N) is 2. The predicted molar refractivity (Wildman–Crippen MR) is 133 cm³/mol. The number of ether oxygens (including phenoxy) is 2. The Morgan fingerprint density at radius 1 is 1.11 bits per heavy atom. The van der Waals surface area contributed by atoms with Crippen LogP contribution in [-0.4, -0.2) is 42.9 Å². The van der Waals surface area contributed by atoms with Crippen LogP contribution in [0, 0.1) is 17.2 Å². The van der Waals surface area contributed by atoms with Crippen molar-refractivity contribution in [2.24, 2.45) is 5.92 Å². The zero-order valence-electron chi connectivity index (χ0n) is 19.6. The van der Waals surface area contributed by atoms with Crippen molar-refractivity contribution in [1.82, 2.24) is 4.90 Å². The summed E-state index contributed by atoms with van der Waals surface area (Å²) in [6, 6.07) is 22.7. The number of phenolic OH excluding ortho intramolecular Hbond substituents is 1. The van der Waals surface area contributed by atoms with Gasteiger partial charge >= 0.3 is 0 Å². The number of fused-ring (bicyclic) bond motifs is 1. The molecule has 5 nitrogen and oxygen atoms in total. The van der Waals surface area contributed by atoms with E-state index < -0.39 is 6.10 Å². The van der Waals surface area contributed by atoms with E-state index in [-0.39, 0.29) is 18.3 Å². The lowest BCUT2D eigenvalue weighted by atomic mass is 9.85. The monoisotopic (exact) mass is 470 g/mol.